The van der Waals surface area contributed by atoms with Gasteiger partial charge in [-0.3, -0.25) is 4.55 Å². The van der Waals surface area contributed by atoms with Crippen LogP contribution in [0.25, 0.3) is 10.8 Å². The van der Waals surface area contributed by atoms with Crippen LogP contribution in [-0.4, -0.2) is 37.4 Å². The number of hydrogen-bond donors (Lipinski definition) is 1. The summed E-state index contributed by atoms with van der Waals surface area (Å²) in [7, 11) is -5.59. The van der Waals surface area contributed by atoms with Crippen LogP contribution < -0.4 is 4.74 Å². The number of ether oxygens (including phenoxy) is 2. The summed E-state index contributed by atoms with van der Waals surface area (Å²) >= 11 is 0. The first-order chi connectivity index (χ1) is 11.6. The molecule has 2 aromatic carbocycles. The number of rotatable bonds is 7. The van der Waals surface area contributed by atoms with Crippen LogP contribution in [0.2, 0.25) is 0 Å². The Bertz CT molecular complexity index is 908. The second-order valence-electron chi connectivity index (χ2n) is 5.11. The highest BCUT2D eigenvalue weighted by atomic mass is 32.2. The van der Waals surface area contributed by atoms with E-state index in [9.17, 15) is 22.0 Å². The van der Waals surface area contributed by atoms with Crippen molar-refractivity contribution in [1.29, 1.82) is 0 Å². The van der Waals surface area contributed by atoms with Crippen molar-refractivity contribution in [3.63, 3.8) is 0 Å². The van der Waals surface area contributed by atoms with Crippen molar-refractivity contribution in [2.75, 3.05) is 13.2 Å². The number of esters is 1. The molecule has 0 radical (unpaired) electrons. The number of hydrogen-bond acceptors (Lipinski definition) is 5. The Balaban J connectivity index is 1.92. The van der Waals surface area contributed by atoms with Crippen LogP contribution in [0.15, 0.2) is 54.6 Å². The molecule has 25 heavy (non-hydrogen) atoms. The Labute approximate surface area is 142 Å². The maximum absolute atomic E-state index is 13.0. The van der Waals surface area contributed by atoms with Gasteiger partial charge in [-0.05, 0) is 22.9 Å². The molecule has 0 spiro atoms. The zero-order valence-corrected chi connectivity index (χ0v) is 13.6. The summed E-state index contributed by atoms with van der Waals surface area (Å²) in [6.45, 7) is 1.04. The van der Waals surface area contributed by atoms with Crippen LogP contribution in [-0.2, 0) is 19.6 Å². The van der Waals surface area contributed by atoms with E-state index in [0.29, 0.717) is 0 Å². The first kappa shape index (κ1) is 19.0. The van der Waals surface area contributed by atoms with Gasteiger partial charge in [0.2, 0.25) is 0 Å². The molecule has 0 heterocycles. The molecule has 0 aliphatic heterocycles. The van der Waals surface area contributed by atoms with Crippen molar-refractivity contribution >= 4 is 26.9 Å². The van der Waals surface area contributed by atoms with Crippen LogP contribution in [0.1, 0.15) is 0 Å². The standard InChI is InChI=1S/C16H14F2O6S/c1-11(9-23-10-16(17,18)25(20,21)22)15(19)24-14-7-6-12-4-2-3-5-13(12)8-14/h2-8H,1,9-10H2,(H,20,21,22). The molecule has 0 aromatic heterocycles. The first-order valence-electron chi connectivity index (χ1n) is 6.91. The van der Waals surface area contributed by atoms with E-state index in [1.165, 1.54) is 0 Å². The summed E-state index contributed by atoms with van der Waals surface area (Å²) in [5.41, 5.74) is -0.292. The van der Waals surface area contributed by atoms with E-state index in [4.69, 9.17) is 9.29 Å². The minimum Gasteiger partial charge on any atom is -0.423 e. The Kier molecular flexibility index (Phi) is 5.51. The highest BCUT2D eigenvalue weighted by Gasteiger charge is 2.44. The number of alkyl halides is 2. The Hall–Kier alpha value is -2.36. The third kappa shape index (κ3) is 4.81. The van der Waals surface area contributed by atoms with E-state index in [1.807, 2.05) is 24.3 Å². The molecule has 6 nitrogen and oxygen atoms in total. The molecule has 0 bridgehead atoms. The van der Waals surface area contributed by atoms with Gasteiger partial charge in [-0.2, -0.15) is 17.2 Å². The number of benzene rings is 2. The highest BCUT2D eigenvalue weighted by molar-refractivity contribution is 7.86. The molecule has 0 aliphatic rings. The first-order valence-corrected chi connectivity index (χ1v) is 8.35. The summed E-state index contributed by atoms with van der Waals surface area (Å²) < 4.78 is 64.6. The monoisotopic (exact) mass is 372 g/mol. The molecule has 0 saturated heterocycles. The van der Waals surface area contributed by atoms with Crippen LogP contribution in [0.4, 0.5) is 8.78 Å². The maximum atomic E-state index is 13.0. The second kappa shape index (κ2) is 7.26. The zero-order chi connectivity index (χ0) is 18.7. The maximum Gasteiger partial charge on any atom is 0.392 e. The zero-order valence-electron chi connectivity index (χ0n) is 12.8. The average molecular weight is 372 g/mol. The van der Waals surface area contributed by atoms with Crippen molar-refractivity contribution in [1.82, 2.24) is 0 Å². The summed E-state index contributed by atoms with van der Waals surface area (Å²) in [4.78, 5) is 11.8. The molecule has 9 heteroatoms. The van der Waals surface area contributed by atoms with Crippen molar-refractivity contribution < 1.29 is 36.0 Å². The Morgan fingerprint density at radius 3 is 2.44 bits per heavy atom. The van der Waals surface area contributed by atoms with Gasteiger partial charge in [-0.25, -0.2) is 4.79 Å². The lowest BCUT2D eigenvalue weighted by Gasteiger charge is -2.13. The van der Waals surface area contributed by atoms with Gasteiger partial charge in [0.05, 0.1) is 12.2 Å². The normalized spacial score (nSPS) is 12.1. The van der Waals surface area contributed by atoms with Gasteiger partial charge in [-0.1, -0.05) is 36.9 Å². The lowest BCUT2D eigenvalue weighted by atomic mass is 10.1. The lowest BCUT2D eigenvalue weighted by Crippen LogP contribution is -2.34. The van der Waals surface area contributed by atoms with Crippen molar-refractivity contribution in [3.05, 3.63) is 54.6 Å². The molecule has 0 aliphatic carbocycles. The predicted molar refractivity (Wildman–Crippen MR) is 86.0 cm³/mol. The van der Waals surface area contributed by atoms with E-state index in [1.54, 1.807) is 18.2 Å². The molecule has 2 aromatic rings. The predicted octanol–water partition coefficient (Wildman–Crippen LogP) is 2.80. The van der Waals surface area contributed by atoms with Crippen LogP contribution >= 0.6 is 0 Å². The molecule has 0 atom stereocenters. The molecule has 0 saturated carbocycles. The fourth-order valence-corrected chi connectivity index (χ4v) is 2.07. The molecular weight excluding hydrogens is 358 g/mol. The molecule has 0 unspecified atom stereocenters. The molecule has 1 N–H and O–H groups in total. The summed E-state index contributed by atoms with van der Waals surface area (Å²) in [5, 5.41) is -2.70. The Morgan fingerprint density at radius 1 is 1.16 bits per heavy atom. The van der Waals surface area contributed by atoms with E-state index in [-0.39, 0.29) is 11.3 Å². The number of halogens is 2. The highest BCUT2D eigenvalue weighted by Crippen LogP contribution is 2.22. The Morgan fingerprint density at radius 2 is 1.80 bits per heavy atom. The fraction of sp³-hybridized carbons (Fsp3) is 0.188. The molecular formula is C16H14F2O6S. The third-order valence-corrected chi connectivity index (χ3v) is 4.02. The molecule has 0 amide bonds. The van der Waals surface area contributed by atoms with Gasteiger partial charge in [0.25, 0.3) is 0 Å². The molecule has 2 rings (SSSR count). The average Bonchev–Trinajstić information content (AvgIpc) is 2.53. The van der Waals surface area contributed by atoms with E-state index >= 15 is 0 Å². The van der Waals surface area contributed by atoms with Gasteiger partial charge in [-0.15, -0.1) is 0 Å². The van der Waals surface area contributed by atoms with Gasteiger partial charge >= 0.3 is 21.3 Å². The minimum atomic E-state index is -5.59. The lowest BCUT2D eigenvalue weighted by molar-refractivity contribution is -0.131. The van der Waals surface area contributed by atoms with E-state index < -0.39 is 34.6 Å². The van der Waals surface area contributed by atoms with Gasteiger partial charge in [0.1, 0.15) is 12.4 Å². The number of carbonyl (C=O) groups excluding carboxylic acids is 1. The summed E-state index contributed by atoms with van der Waals surface area (Å²) in [5.74, 6) is -0.682. The van der Waals surface area contributed by atoms with Crippen LogP contribution in [0.5, 0.6) is 5.75 Å². The minimum absolute atomic E-state index is 0.230. The molecule has 0 fully saturated rings. The van der Waals surface area contributed by atoms with Crippen LogP contribution in [0, 0.1) is 0 Å². The smallest absolute Gasteiger partial charge is 0.392 e. The van der Waals surface area contributed by atoms with Gasteiger partial charge in [0, 0.05) is 0 Å². The quantitative estimate of drug-likeness (QED) is 0.348. The third-order valence-electron chi connectivity index (χ3n) is 3.14. The summed E-state index contributed by atoms with van der Waals surface area (Å²) in [6, 6.07) is 12.3. The topological polar surface area (TPSA) is 89.9 Å². The second-order valence-corrected chi connectivity index (χ2v) is 6.65. The van der Waals surface area contributed by atoms with Gasteiger partial charge in [0.15, 0.2) is 0 Å². The van der Waals surface area contributed by atoms with Gasteiger partial charge < -0.3 is 9.47 Å². The number of carbonyl (C=O) groups is 1. The van der Waals surface area contributed by atoms with Crippen LogP contribution in [0.3, 0.4) is 0 Å². The van der Waals surface area contributed by atoms with Crippen molar-refractivity contribution in [2.24, 2.45) is 0 Å². The van der Waals surface area contributed by atoms with Crippen molar-refractivity contribution in [3.8, 4) is 5.75 Å². The molecule has 134 valence electrons. The summed E-state index contributed by atoms with van der Waals surface area (Å²) in [6.07, 6.45) is 0. The largest absolute Gasteiger partial charge is 0.423 e. The number of fused-ring (bicyclic) bond motifs is 1. The van der Waals surface area contributed by atoms with Crippen molar-refractivity contribution in [2.45, 2.75) is 5.25 Å². The SMILES string of the molecule is C=C(COCC(F)(F)S(=O)(=O)O)C(=O)Oc1ccc2ccccc2c1. The fourth-order valence-electron chi connectivity index (χ4n) is 1.84. The van der Waals surface area contributed by atoms with E-state index in [0.717, 1.165) is 10.8 Å². The van der Waals surface area contributed by atoms with E-state index in [2.05, 4.69) is 11.3 Å².